The SMILES string of the molecule is c1ccc2c(c1)c1nccn1c1cncn21. The summed E-state index contributed by atoms with van der Waals surface area (Å²) < 4.78 is 4.12. The Hall–Kier alpha value is -2.36. The number of rotatable bonds is 0. The predicted molar refractivity (Wildman–Crippen MR) is 61.4 cm³/mol. The van der Waals surface area contributed by atoms with Crippen molar-refractivity contribution in [1.29, 1.82) is 0 Å². The number of aromatic nitrogens is 4. The number of hydrogen-bond acceptors (Lipinski definition) is 2. The summed E-state index contributed by atoms with van der Waals surface area (Å²) in [7, 11) is 0. The zero-order valence-corrected chi connectivity index (χ0v) is 8.41. The van der Waals surface area contributed by atoms with E-state index in [1.165, 1.54) is 0 Å². The second-order valence-corrected chi connectivity index (χ2v) is 3.76. The monoisotopic (exact) mass is 208 g/mol. The van der Waals surface area contributed by atoms with E-state index in [9.17, 15) is 0 Å². The van der Waals surface area contributed by atoms with Crippen molar-refractivity contribution < 1.29 is 0 Å². The van der Waals surface area contributed by atoms with Crippen molar-refractivity contribution in [2.45, 2.75) is 0 Å². The Morgan fingerprint density at radius 2 is 2.00 bits per heavy atom. The van der Waals surface area contributed by atoms with Crippen LogP contribution in [0.3, 0.4) is 0 Å². The van der Waals surface area contributed by atoms with Gasteiger partial charge in [-0.3, -0.25) is 8.80 Å². The molecule has 4 nitrogen and oxygen atoms in total. The van der Waals surface area contributed by atoms with Crippen LogP contribution in [0, 0.1) is 0 Å². The lowest BCUT2D eigenvalue weighted by Gasteiger charge is -2.05. The van der Waals surface area contributed by atoms with Crippen molar-refractivity contribution in [2.75, 3.05) is 0 Å². The van der Waals surface area contributed by atoms with Crippen LogP contribution >= 0.6 is 0 Å². The van der Waals surface area contributed by atoms with Crippen molar-refractivity contribution in [3.05, 3.63) is 49.2 Å². The minimum absolute atomic E-state index is 0.976. The van der Waals surface area contributed by atoms with Gasteiger partial charge in [-0.15, -0.1) is 0 Å². The maximum absolute atomic E-state index is 4.40. The van der Waals surface area contributed by atoms with Gasteiger partial charge in [0.05, 0.1) is 11.7 Å². The zero-order chi connectivity index (χ0) is 10.5. The van der Waals surface area contributed by atoms with Gasteiger partial charge in [0, 0.05) is 17.8 Å². The number of benzene rings is 1. The topological polar surface area (TPSA) is 34.6 Å². The van der Waals surface area contributed by atoms with Crippen molar-refractivity contribution in [1.82, 2.24) is 18.8 Å². The highest BCUT2D eigenvalue weighted by molar-refractivity contribution is 5.93. The Kier molecular flexibility index (Phi) is 1.28. The molecule has 0 aliphatic carbocycles. The summed E-state index contributed by atoms with van der Waals surface area (Å²) in [5.74, 6) is 0. The highest BCUT2D eigenvalue weighted by Crippen LogP contribution is 2.21. The first-order chi connectivity index (χ1) is 7.95. The summed E-state index contributed by atoms with van der Waals surface area (Å²) in [4.78, 5) is 8.59. The molecule has 4 aromatic rings. The van der Waals surface area contributed by atoms with E-state index in [0.29, 0.717) is 0 Å². The summed E-state index contributed by atoms with van der Waals surface area (Å²) in [5.41, 5.74) is 3.14. The van der Waals surface area contributed by atoms with Gasteiger partial charge >= 0.3 is 0 Å². The van der Waals surface area contributed by atoms with Gasteiger partial charge < -0.3 is 0 Å². The molecule has 0 amide bonds. The molecule has 0 radical (unpaired) electrons. The standard InChI is InChI=1S/C12H8N4/c1-2-4-10-9(3-1)12-14-5-6-15(12)11-7-13-8-16(10)11/h1-8H. The molecule has 0 spiro atoms. The molecule has 76 valence electrons. The molecule has 0 unspecified atom stereocenters. The molecule has 4 rings (SSSR count). The molecule has 0 saturated heterocycles. The first kappa shape index (κ1) is 7.87. The maximum atomic E-state index is 4.40. The Morgan fingerprint density at radius 1 is 1.06 bits per heavy atom. The van der Waals surface area contributed by atoms with Crippen LogP contribution < -0.4 is 0 Å². The minimum atomic E-state index is 0.976. The molecule has 16 heavy (non-hydrogen) atoms. The molecule has 0 bridgehead atoms. The van der Waals surface area contributed by atoms with Gasteiger partial charge in [0.2, 0.25) is 0 Å². The number of nitrogens with zero attached hydrogens (tertiary/aromatic N) is 4. The van der Waals surface area contributed by atoms with Crippen molar-refractivity contribution in [3.8, 4) is 0 Å². The van der Waals surface area contributed by atoms with E-state index in [4.69, 9.17) is 0 Å². The van der Waals surface area contributed by atoms with Gasteiger partial charge in [-0.05, 0) is 12.1 Å². The molecule has 0 aliphatic heterocycles. The lowest BCUT2D eigenvalue weighted by atomic mass is 10.2. The predicted octanol–water partition coefficient (Wildman–Crippen LogP) is 2.14. The minimum Gasteiger partial charge on any atom is -0.284 e. The fourth-order valence-corrected chi connectivity index (χ4v) is 2.21. The van der Waals surface area contributed by atoms with E-state index in [1.807, 2.05) is 37.1 Å². The maximum Gasteiger partial charge on any atom is 0.147 e. The molecule has 3 heterocycles. The Labute approximate surface area is 90.8 Å². The number of imidazole rings is 2. The Morgan fingerprint density at radius 3 is 3.00 bits per heavy atom. The summed E-state index contributed by atoms with van der Waals surface area (Å²) >= 11 is 0. The van der Waals surface area contributed by atoms with Gasteiger partial charge in [0.1, 0.15) is 17.6 Å². The molecule has 1 aromatic carbocycles. The number of para-hydroxylation sites is 1. The van der Waals surface area contributed by atoms with E-state index in [1.54, 1.807) is 0 Å². The lowest BCUT2D eigenvalue weighted by Crippen LogP contribution is -1.94. The summed E-state index contributed by atoms with van der Waals surface area (Å²) in [6.45, 7) is 0. The van der Waals surface area contributed by atoms with E-state index in [-0.39, 0.29) is 0 Å². The lowest BCUT2D eigenvalue weighted by molar-refractivity contribution is 1.13. The van der Waals surface area contributed by atoms with Crippen molar-refractivity contribution >= 4 is 22.2 Å². The smallest absolute Gasteiger partial charge is 0.147 e. The van der Waals surface area contributed by atoms with Crippen LogP contribution in [0.1, 0.15) is 0 Å². The van der Waals surface area contributed by atoms with Crippen molar-refractivity contribution in [3.63, 3.8) is 0 Å². The fraction of sp³-hybridized carbons (Fsp3) is 0. The second-order valence-electron chi connectivity index (χ2n) is 3.76. The van der Waals surface area contributed by atoms with Crippen LogP contribution in [0.2, 0.25) is 0 Å². The molecular formula is C12H8N4. The average Bonchev–Trinajstić information content (AvgIpc) is 2.98. The van der Waals surface area contributed by atoms with Crippen molar-refractivity contribution in [2.24, 2.45) is 0 Å². The fourth-order valence-electron chi connectivity index (χ4n) is 2.21. The normalized spacial score (nSPS) is 11.8. The molecule has 0 aliphatic rings. The largest absolute Gasteiger partial charge is 0.284 e. The highest BCUT2D eigenvalue weighted by Gasteiger charge is 2.07. The van der Waals surface area contributed by atoms with Gasteiger partial charge in [0.15, 0.2) is 0 Å². The summed E-state index contributed by atoms with van der Waals surface area (Å²) in [6, 6.07) is 8.22. The Bertz CT molecular complexity index is 740. The summed E-state index contributed by atoms with van der Waals surface area (Å²) in [6.07, 6.45) is 7.45. The van der Waals surface area contributed by atoms with E-state index < -0.39 is 0 Å². The molecular weight excluding hydrogens is 200 g/mol. The Balaban J connectivity index is 2.51. The van der Waals surface area contributed by atoms with Gasteiger partial charge in [-0.2, -0.15) is 0 Å². The molecule has 0 fully saturated rings. The average molecular weight is 208 g/mol. The molecule has 0 N–H and O–H groups in total. The molecule has 0 atom stereocenters. The second kappa shape index (κ2) is 2.61. The van der Waals surface area contributed by atoms with Gasteiger partial charge in [-0.1, -0.05) is 12.1 Å². The van der Waals surface area contributed by atoms with E-state index in [0.717, 1.165) is 22.2 Å². The van der Waals surface area contributed by atoms with Gasteiger partial charge in [-0.25, -0.2) is 9.97 Å². The van der Waals surface area contributed by atoms with Crippen LogP contribution in [0.4, 0.5) is 0 Å². The van der Waals surface area contributed by atoms with Crippen LogP contribution in [0.15, 0.2) is 49.2 Å². The van der Waals surface area contributed by atoms with Crippen LogP contribution in [-0.4, -0.2) is 18.8 Å². The van der Waals surface area contributed by atoms with Crippen LogP contribution in [-0.2, 0) is 0 Å². The first-order valence-corrected chi connectivity index (χ1v) is 5.11. The van der Waals surface area contributed by atoms with E-state index >= 15 is 0 Å². The third kappa shape index (κ3) is 0.798. The molecule has 3 aromatic heterocycles. The molecule has 0 saturated carbocycles. The highest BCUT2D eigenvalue weighted by atomic mass is 15.1. The first-order valence-electron chi connectivity index (χ1n) is 5.11. The van der Waals surface area contributed by atoms with Crippen LogP contribution in [0.5, 0.6) is 0 Å². The zero-order valence-electron chi connectivity index (χ0n) is 8.41. The number of hydrogen-bond donors (Lipinski definition) is 0. The summed E-state index contributed by atoms with van der Waals surface area (Å²) in [5, 5.41) is 1.14. The van der Waals surface area contributed by atoms with Crippen LogP contribution in [0.25, 0.3) is 22.2 Å². The molecule has 4 heteroatoms. The third-order valence-corrected chi connectivity index (χ3v) is 2.91. The van der Waals surface area contributed by atoms with E-state index in [2.05, 4.69) is 30.9 Å². The van der Waals surface area contributed by atoms with Gasteiger partial charge in [0.25, 0.3) is 0 Å². The quantitative estimate of drug-likeness (QED) is 0.443. The third-order valence-electron chi connectivity index (χ3n) is 2.91. The number of fused-ring (bicyclic) bond motifs is 6.